The van der Waals surface area contributed by atoms with E-state index in [2.05, 4.69) is 48.6 Å². The lowest BCUT2D eigenvalue weighted by Gasteiger charge is -2.33. The van der Waals surface area contributed by atoms with Crippen molar-refractivity contribution in [2.45, 2.75) is 120 Å². The van der Waals surface area contributed by atoms with Crippen LogP contribution in [0.3, 0.4) is 0 Å². The van der Waals surface area contributed by atoms with Crippen molar-refractivity contribution in [1.82, 2.24) is 0 Å². The van der Waals surface area contributed by atoms with Gasteiger partial charge in [-0.15, -0.1) is 0 Å². The highest BCUT2D eigenvalue weighted by Crippen LogP contribution is 2.51. The van der Waals surface area contributed by atoms with Gasteiger partial charge in [-0.05, 0) is 132 Å². The Morgan fingerprint density at radius 1 is 0.432 bits per heavy atom. The fourth-order valence-corrected chi connectivity index (χ4v) is 8.07. The topological polar surface area (TPSA) is 0 Å². The zero-order valence-electron chi connectivity index (χ0n) is 22.5. The van der Waals surface area contributed by atoms with E-state index in [0.717, 1.165) is 23.7 Å². The van der Waals surface area contributed by atoms with Gasteiger partial charge < -0.3 is 0 Å². The van der Waals surface area contributed by atoms with Crippen LogP contribution in [-0.2, 0) is 0 Å². The molecule has 8 rings (SSSR count). The molecule has 0 spiro atoms. The summed E-state index contributed by atoms with van der Waals surface area (Å²) in [5.74, 6) is 6.55. The van der Waals surface area contributed by atoms with Crippen molar-refractivity contribution in [3.8, 4) is 0 Å². The van der Waals surface area contributed by atoms with E-state index in [9.17, 15) is 0 Å². The molecular weight excluding hydrogens is 444 g/mol. The molecule has 6 aliphatic rings. The van der Waals surface area contributed by atoms with Crippen LogP contribution in [0.4, 0.5) is 0 Å². The molecule has 0 aliphatic heterocycles. The van der Waals surface area contributed by atoms with Gasteiger partial charge in [0.05, 0.1) is 0 Å². The SMILES string of the molecule is C1=Cc2c(C3CCC3)ccc(C3CCC3)c2[C]1CCC[C]1C=Cc2c(C3CCC3)ccc(C3CCC3)c21. The first-order valence-electron chi connectivity index (χ1n) is 15.8. The highest BCUT2D eigenvalue weighted by atomic mass is 14.4. The minimum atomic E-state index is 0.813. The van der Waals surface area contributed by atoms with Crippen LogP contribution in [0.15, 0.2) is 36.4 Å². The minimum Gasteiger partial charge on any atom is -0.0721 e. The second-order valence-corrected chi connectivity index (χ2v) is 13.1. The molecule has 6 aliphatic carbocycles. The van der Waals surface area contributed by atoms with Crippen LogP contribution < -0.4 is 0 Å². The van der Waals surface area contributed by atoms with Crippen molar-refractivity contribution >= 4 is 12.2 Å². The fraction of sp³-hybridized carbons (Fsp3) is 0.514. The Hall–Kier alpha value is -2.08. The number of hydrogen-bond acceptors (Lipinski definition) is 0. The number of rotatable bonds is 8. The third-order valence-corrected chi connectivity index (χ3v) is 11.2. The van der Waals surface area contributed by atoms with Crippen LogP contribution in [0, 0.1) is 11.8 Å². The predicted molar refractivity (Wildman–Crippen MR) is 156 cm³/mol. The summed E-state index contributed by atoms with van der Waals surface area (Å²) in [5.41, 5.74) is 13.2. The quantitative estimate of drug-likeness (QED) is 0.348. The maximum Gasteiger partial charge on any atom is 0.0276 e. The summed E-state index contributed by atoms with van der Waals surface area (Å²) in [7, 11) is 0. The molecule has 0 atom stereocenters. The van der Waals surface area contributed by atoms with E-state index >= 15 is 0 Å². The first-order valence-corrected chi connectivity index (χ1v) is 15.8. The smallest absolute Gasteiger partial charge is 0.0276 e. The highest BCUT2D eigenvalue weighted by Gasteiger charge is 2.34. The van der Waals surface area contributed by atoms with E-state index in [4.69, 9.17) is 0 Å². The molecule has 0 aromatic heterocycles. The summed E-state index contributed by atoms with van der Waals surface area (Å²) in [4.78, 5) is 0. The Kier molecular flexibility index (Phi) is 5.74. The second kappa shape index (κ2) is 9.29. The van der Waals surface area contributed by atoms with Crippen LogP contribution >= 0.6 is 0 Å². The molecule has 0 heteroatoms. The summed E-state index contributed by atoms with van der Waals surface area (Å²) in [6.07, 6.45) is 30.6. The highest BCUT2D eigenvalue weighted by molar-refractivity contribution is 5.75. The third-order valence-electron chi connectivity index (χ3n) is 11.2. The lowest BCUT2D eigenvalue weighted by Crippen LogP contribution is -2.17. The van der Waals surface area contributed by atoms with Gasteiger partial charge in [0.2, 0.25) is 0 Å². The molecule has 4 saturated carbocycles. The van der Waals surface area contributed by atoms with Crippen molar-refractivity contribution in [2.24, 2.45) is 0 Å². The number of benzene rings is 2. The molecule has 0 bridgehead atoms. The summed E-state index contributed by atoms with van der Waals surface area (Å²) in [6, 6.07) is 10.1. The number of fused-ring (bicyclic) bond motifs is 2. The van der Waals surface area contributed by atoms with Crippen LogP contribution in [0.25, 0.3) is 12.2 Å². The summed E-state index contributed by atoms with van der Waals surface area (Å²) < 4.78 is 0. The van der Waals surface area contributed by atoms with Gasteiger partial charge in [0, 0.05) is 11.8 Å². The largest absolute Gasteiger partial charge is 0.0721 e. The molecule has 190 valence electrons. The van der Waals surface area contributed by atoms with Gasteiger partial charge in [0.15, 0.2) is 0 Å². The summed E-state index contributed by atoms with van der Waals surface area (Å²) in [6.45, 7) is 0. The minimum absolute atomic E-state index is 0.813. The molecule has 2 radical (unpaired) electrons. The van der Waals surface area contributed by atoms with E-state index < -0.39 is 0 Å². The lowest BCUT2D eigenvalue weighted by molar-refractivity contribution is 0.412. The second-order valence-electron chi connectivity index (χ2n) is 13.1. The van der Waals surface area contributed by atoms with Gasteiger partial charge in [-0.1, -0.05) is 80.7 Å². The van der Waals surface area contributed by atoms with Crippen LogP contribution in [0.2, 0.25) is 0 Å². The maximum atomic E-state index is 2.54. The van der Waals surface area contributed by atoms with Gasteiger partial charge in [-0.2, -0.15) is 0 Å². The maximum absolute atomic E-state index is 2.54. The van der Waals surface area contributed by atoms with E-state index in [0.29, 0.717) is 0 Å². The zero-order valence-corrected chi connectivity index (χ0v) is 22.5. The van der Waals surface area contributed by atoms with Gasteiger partial charge in [-0.25, -0.2) is 0 Å². The summed E-state index contributed by atoms with van der Waals surface area (Å²) in [5, 5.41) is 0. The average Bonchev–Trinajstić information content (AvgIpc) is 3.38. The summed E-state index contributed by atoms with van der Waals surface area (Å²) >= 11 is 0. The average molecular weight is 487 g/mol. The van der Waals surface area contributed by atoms with Crippen molar-refractivity contribution in [3.63, 3.8) is 0 Å². The van der Waals surface area contributed by atoms with E-state index in [-0.39, 0.29) is 0 Å². The Bertz CT molecular complexity index is 1140. The molecule has 0 heterocycles. The molecule has 0 unspecified atom stereocenters. The van der Waals surface area contributed by atoms with Crippen LogP contribution in [-0.4, -0.2) is 0 Å². The van der Waals surface area contributed by atoms with E-state index in [1.54, 1.807) is 56.3 Å². The first kappa shape index (κ1) is 22.9. The Balaban J connectivity index is 1.03. The number of allylic oxidation sites excluding steroid dienone is 2. The van der Waals surface area contributed by atoms with Gasteiger partial charge >= 0.3 is 0 Å². The molecule has 2 aromatic carbocycles. The zero-order chi connectivity index (χ0) is 24.3. The van der Waals surface area contributed by atoms with Crippen molar-refractivity contribution < 1.29 is 0 Å². The lowest BCUT2D eigenvalue weighted by atomic mass is 9.71. The normalized spacial score (nSPS) is 24.0. The molecule has 4 fully saturated rings. The molecule has 0 amide bonds. The van der Waals surface area contributed by atoms with Crippen molar-refractivity contribution in [3.05, 3.63) is 92.8 Å². The Labute approximate surface area is 224 Å². The fourth-order valence-electron chi connectivity index (χ4n) is 8.07. The van der Waals surface area contributed by atoms with Crippen LogP contribution in [0.1, 0.15) is 164 Å². The monoisotopic (exact) mass is 486 g/mol. The molecular formula is C37H42. The van der Waals surface area contributed by atoms with Crippen molar-refractivity contribution in [2.75, 3.05) is 0 Å². The van der Waals surface area contributed by atoms with Gasteiger partial charge in [0.1, 0.15) is 0 Å². The van der Waals surface area contributed by atoms with E-state index in [1.807, 2.05) is 0 Å². The number of hydrogen-bond donors (Lipinski definition) is 0. The van der Waals surface area contributed by atoms with Gasteiger partial charge in [-0.3, -0.25) is 0 Å². The third kappa shape index (κ3) is 3.76. The molecule has 0 saturated heterocycles. The van der Waals surface area contributed by atoms with E-state index in [1.165, 1.54) is 96.3 Å². The molecule has 0 nitrogen and oxygen atoms in total. The van der Waals surface area contributed by atoms with Gasteiger partial charge in [0.25, 0.3) is 0 Å². The predicted octanol–water partition coefficient (Wildman–Crippen LogP) is 10.5. The van der Waals surface area contributed by atoms with Crippen molar-refractivity contribution in [1.29, 1.82) is 0 Å². The first-order chi connectivity index (χ1) is 18.3. The molecule has 2 aromatic rings. The Morgan fingerprint density at radius 2 is 0.784 bits per heavy atom. The standard InChI is InChI=1S/C37H42/c1-6-24(7-1)30-20-22-32(26-10-3-11-26)36-28(16-18-34(30)36)14-5-15-29-17-19-35-31(25-8-2-9-25)21-23-33(37(29)35)27-12-4-13-27/h16-27H,1-15H2. The van der Waals surface area contributed by atoms with Crippen LogP contribution in [0.5, 0.6) is 0 Å². The molecule has 37 heavy (non-hydrogen) atoms. The Morgan fingerprint density at radius 3 is 1.14 bits per heavy atom. The molecule has 0 N–H and O–H groups in total.